The number of aromatic amines is 1. The van der Waals surface area contributed by atoms with Crippen LogP contribution in [-0.2, 0) is 4.74 Å². The first-order chi connectivity index (χ1) is 10.2. The molecule has 0 aliphatic heterocycles. The van der Waals surface area contributed by atoms with E-state index < -0.39 is 0 Å². The number of nitrogens with zero attached hydrogens (tertiary/aromatic N) is 1. The molecule has 0 radical (unpaired) electrons. The summed E-state index contributed by atoms with van der Waals surface area (Å²) in [4.78, 5) is 7.62. The van der Waals surface area contributed by atoms with Gasteiger partial charge < -0.3 is 20.2 Å². The maximum Gasteiger partial charge on any atom is 0.123 e. The average Bonchev–Trinajstić information content (AvgIpc) is 3.01. The predicted octanol–water partition coefficient (Wildman–Crippen LogP) is 2.90. The molecule has 0 saturated heterocycles. The largest absolute Gasteiger partial charge is 0.494 e. The molecule has 0 amide bonds. The molecular weight excluding hydrogens is 266 g/mol. The van der Waals surface area contributed by atoms with E-state index in [2.05, 4.69) is 16.9 Å². The van der Waals surface area contributed by atoms with Crippen molar-refractivity contribution in [1.82, 2.24) is 9.97 Å². The molecule has 5 heteroatoms. The normalized spacial score (nSPS) is 12.3. The van der Waals surface area contributed by atoms with Crippen molar-refractivity contribution in [2.45, 2.75) is 25.8 Å². The fourth-order valence-corrected chi connectivity index (χ4v) is 2.00. The number of aromatic nitrogens is 2. The average molecular weight is 289 g/mol. The predicted molar refractivity (Wildman–Crippen MR) is 83.2 cm³/mol. The smallest absolute Gasteiger partial charge is 0.123 e. The fraction of sp³-hybridized carbons (Fsp3) is 0.438. The monoisotopic (exact) mass is 289 g/mol. The van der Waals surface area contributed by atoms with Crippen molar-refractivity contribution in [1.29, 1.82) is 0 Å². The lowest BCUT2D eigenvalue weighted by molar-refractivity contribution is 0.187. The third-order valence-corrected chi connectivity index (χ3v) is 3.22. The van der Waals surface area contributed by atoms with Crippen LogP contribution in [0.4, 0.5) is 0 Å². The summed E-state index contributed by atoms with van der Waals surface area (Å²) in [5.74, 6) is 1.67. The number of rotatable bonds is 8. The van der Waals surface area contributed by atoms with Crippen LogP contribution in [0.15, 0.2) is 30.5 Å². The molecular formula is C16H23N3O2. The van der Waals surface area contributed by atoms with Crippen molar-refractivity contribution >= 4 is 0 Å². The molecule has 3 N–H and O–H groups in total. The minimum atomic E-state index is -0.133. The van der Waals surface area contributed by atoms with Crippen LogP contribution < -0.4 is 10.5 Å². The lowest BCUT2D eigenvalue weighted by Crippen LogP contribution is -2.14. The highest BCUT2D eigenvalue weighted by atomic mass is 16.5. The highest BCUT2D eigenvalue weighted by molar-refractivity contribution is 5.59. The lowest BCUT2D eigenvalue weighted by atomic mass is 10.1. The maximum atomic E-state index is 6.06. The van der Waals surface area contributed by atoms with Gasteiger partial charge in [0.15, 0.2) is 0 Å². The topological polar surface area (TPSA) is 73.2 Å². The van der Waals surface area contributed by atoms with Gasteiger partial charge in [0, 0.05) is 13.7 Å². The molecule has 1 aromatic heterocycles. The number of methoxy groups -OCH3 is 1. The van der Waals surface area contributed by atoms with E-state index in [-0.39, 0.29) is 6.04 Å². The number of imidazole rings is 1. The number of hydrogen-bond acceptors (Lipinski definition) is 4. The van der Waals surface area contributed by atoms with Crippen LogP contribution in [0.1, 0.15) is 31.6 Å². The van der Waals surface area contributed by atoms with Crippen molar-refractivity contribution in [2.75, 3.05) is 20.3 Å². The van der Waals surface area contributed by atoms with Crippen LogP contribution in [0.3, 0.4) is 0 Å². The molecule has 5 nitrogen and oxygen atoms in total. The van der Waals surface area contributed by atoms with Crippen molar-refractivity contribution in [3.05, 3.63) is 36.3 Å². The number of benzene rings is 1. The van der Waals surface area contributed by atoms with Crippen molar-refractivity contribution in [3.63, 3.8) is 0 Å². The Morgan fingerprint density at radius 1 is 1.24 bits per heavy atom. The molecule has 114 valence electrons. The Kier molecular flexibility index (Phi) is 5.78. The molecule has 0 aliphatic rings. The van der Waals surface area contributed by atoms with Gasteiger partial charge in [-0.3, -0.25) is 0 Å². The van der Waals surface area contributed by atoms with Gasteiger partial charge in [0.25, 0.3) is 0 Å². The minimum absolute atomic E-state index is 0.133. The van der Waals surface area contributed by atoms with Gasteiger partial charge in [0.05, 0.1) is 24.5 Å². The summed E-state index contributed by atoms with van der Waals surface area (Å²) < 4.78 is 10.6. The van der Waals surface area contributed by atoms with Gasteiger partial charge in [-0.1, -0.05) is 6.92 Å². The van der Waals surface area contributed by atoms with E-state index in [1.54, 1.807) is 7.11 Å². The number of ether oxygens (including phenoxy) is 2. The quantitative estimate of drug-likeness (QED) is 0.783. The molecule has 0 spiro atoms. The number of H-pyrrole nitrogens is 1. The van der Waals surface area contributed by atoms with E-state index in [4.69, 9.17) is 15.2 Å². The van der Waals surface area contributed by atoms with Crippen molar-refractivity contribution in [3.8, 4) is 17.0 Å². The molecule has 0 aliphatic carbocycles. The number of hydrogen-bond donors (Lipinski definition) is 2. The Bertz CT molecular complexity index is 537. The number of nitrogens with two attached hydrogens (primary N) is 1. The van der Waals surface area contributed by atoms with Crippen LogP contribution in [0.25, 0.3) is 11.3 Å². The van der Waals surface area contributed by atoms with E-state index >= 15 is 0 Å². The third kappa shape index (κ3) is 4.31. The summed E-state index contributed by atoms with van der Waals surface area (Å²) in [5.41, 5.74) is 8.08. The van der Waals surface area contributed by atoms with E-state index in [9.17, 15) is 0 Å². The number of nitrogens with one attached hydrogen (secondary N) is 1. The maximum absolute atomic E-state index is 6.06. The van der Waals surface area contributed by atoms with Gasteiger partial charge in [0.2, 0.25) is 0 Å². The first kappa shape index (κ1) is 15.5. The molecule has 1 aromatic carbocycles. The summed E-state index contributed by atoms with van der Waals surface area (Å²) >= 11 is 0. The second-order valence-corrected chi connectivity index (χ2v) is 4.94. The fourth-order valence-electron chi connectivity index (χ4n) is 2.00. The molecule has 1 unspecified atom stereocenters. The molecule has 2 aromatic rings. The van der Waals surface area contributed by atoms with Gasteiger partial charge in [-0.2, -0.15) is 0 Å². The Morgan fingerprint density at radius 3 is 2.67 bits per heavy atom. The summed E-state index contributed by atoms with van der Waals surface area (Å²) in [7, 11) is 1.67. The van der Waals surface area contributed by atoms with Crippen molar-refractivity contribution < 1.29 is 9.47 Å². The molecule has 0 fully saturated rings. The van der Waals surface area contributed by atoms with E-state index in [0.717, 1.165) is 42.3 Å². The second kappa shape index (κ2) is 7.81. The first-order valence-corrected chi connectivity index (χ1v) is 7.27. The standard InChI is InChI=1S/C16H23N3O2/c1-3-9-21-13-6-4-12(5-7-13)15-11-18-16(19-15)14(17)8-10-20-2/h4-7,11,14H,3,8-10,17H2,1-2H3,(H,18,19). The molecule has 0 bridgehead atoms. The Morgan fingerprint density at radius 2 is 2.00 bits per heavy atom. The van der Waals surface area contributed by atoms with Crippen molar-refractivity contribution in [2.24, 2.45) is 5.73 Å². The van der Waals surface area contributed by atoms with Crippen LogP contribution >= 0.6 is 0 Å². The zero-order valence-corrected chi connectivity index (χ0v) is 12.6. The Balaban J connectivity index is 2.03. The van der Waals surface area contributed by atoms with E-state index in [0.29, 0.717) is 6.61 Å². The van der Waals surface area contributed by atoms with Gasteiger partial charge in [-0.25, -0.2) is 4.98 Å². The third-order valence-electron chi connectivity index (χ3n) is 3.22. The van der Waals surface area contributed by atoms with Gasteiger partial charge in [0.1, 0.15) is 11.6 Å². The zero-order chi connectivity index (χ0) is 15.1. The van der Waals surface area contributed by atoms with Gasteiger partial charge in [-0.15, -0.1) is 0 Å². The summed E-state index contributed by atoms with van der Waals surface area (Å²) in [6, 6.07) is 7.84. The zero-order valence-electron chi connectivity index (χ0n) is 12.6. The highest BCUT2D eigenvalue weighted by Gasteiger charge is 2.11. The van der Waals surface area contributed by atoms with Crippen LogP contribution in [0.5, 0.6) is 5.75 Å². The van der Waals surface area contributed by atoms with Crippen LogP contribution in [0.2, 0.25) is 0 Å². The molecule has 0 saturated carbocycles. The van der Waals surface area contributed by atoms with Crippen LogP contribution in [0, 0.1) is 0 Å². The summed E-state index contributed by atoms with van der Waals surface area (Å²) in [6.45, 7) is 3.45. The minimum Gasteiger partial charge on any atom is -0.494 e. The Hall–Kier alpha value is -1.85. The summed E-state index contributed by atoms with van der Waals surface area (Å²) in [5, 5.41) is 0. The molecule has 21 heavy (non-hydrogen) atoms. The Labute approximate surface area is 125 Å². The highest BCUT2D eigenvalue weighted by Crippen LogP contribution is 2.22. The van der Waals surface area contributed by atoms with Gasteiger partial charge >= 0.3 is 0 Å². The first-order valence-electron chi connectivity index (χ1n) is 7.27. The molecule has 1 atom stereocenters. The van der Waals surface area contributed by atoms with E-state index in [1.165, 1.54) is 0 Å². The molecule has 2 rings (SSSR count). The second-order valence-electron chi connectivity index (χ2n) is 4.94. The SMILES string of the molecule is CCCOc1ccc(-c2cnc(C(N)CCOC)[nH]2)cc1. The lowest BCUT2D eigenvalue weighted by Gasteiger charge is -2.07. The van der Waals surface area contributed by atoms with Crippen LogP contribution in [-0.4, -0.2) is 30.3 Å². The van der Waals surface area contributed by atoms with Gasteiger partial charge in [-0.05, 0) is 42.7 Å². The molecule has 1 heterocycles. The van der Waals surface area contributed by atoms with E-state index in [1.807, 2.05) is 30.5 Å². The summed E-state index contributed by atoms with van der Waals surface area (Å²) in [6.07, 6.45) is 3.56.